The van der Waals surface area contributed by atoms with E-state index in [4.69, 9.17) is 36.7 Å². The number of hydrogen-bond acceptors (Lipinski definition) is 12. The SMILES string of the molecule is Cc1c(COc2cc(OCc3cncc(N)c3)c(CNC[C@@H](O)CC(=O)O)cc2Cl)cccc1-c1cccc(-c2ccc3ncnc(N(CCO)C(=O)OC(C)(C)C)c3c2)c1C. The number of hydrogen-bond donors (Lipinski definition) is 5. The van der Waals surface area contributed by atoms with Crippen LogP contribution < -0.4 is 25.4 Å². The Bertz CT molecular complexity index is 2560. The smallest absolute Gasteiger partial charge is 0.416 e. The maximum Gasteiger partial charge on any atom is 0.416 e. The molecule has 0 saturated heterocycles. The first-order chi connectivity index (χ1) is 29.6. The number of carboxylic acid groups (broad SMARTS) is 1. The van der Waals surface area contributed by atoms with Gasteiger partial charge < -0.3 is 40.6 Å². The maximum absolute atomic E-state index is 13.3. The number of aromatic nitrogens is 3. The van der Waals surface area contributed by atoms with Crippen LogP contribution in [0.2, 0.25) is 5.02 Å². The highest BCUT2D eigenvalue weighted by Crippen LogP contribution is 2.38. The number of rotatable bonds is 17. The summed E-state index contributed by atoms with van der Waals surface area (Å²) < 4.78 is 18.2. The van der Waals surface area contributed by atoms with E-state index in [9.17, 15) is 19.8 Å². The van der Waals surface area contributed by atoms with Gasteiger partial charge in [-0.05, 0) is 97.8 Å². The topological polar surface area (TPSA) is 202 Å². The number of amides is 1. The van der Waals surface area contributed by atoms with E-state index in [-0.39, 0.29) is 45.9 Å². The summed E-state index contributed by atoms with van der Waals surface area (Å²) in [5, 5.41) is 33.0. The molecule has 0 saturated carbocycles. The number of nitrogens with zero attached hydrogens (tertiary/aromatic N) is 4. The number of pyridine rings is 1. The molecule has 14 nitrogen and oxygen atoms in total. The second-order valence-corrected chi connectivity index (χ2v) is 16.2. The third kappa shape index (κ3) is 11.3. The quantitative estimate of drug-likeness (QED) is 0.0590. The molecule has 324 valence electrons. The van der Waals surface area contributed by atoms with Crippen molar-refractivity contribution in [2.24, 2.45) is 0 Å². The molecule has 0 radical (unpaired) electrons. The number of nitrogens with two attached hydrogens (primary N) is 1. The van der Waals surface area contributed by atoms with Crippen LogP contribution in [0, 0.1) is 13.8 Å². The molecule has 62 heavy (non-hydrogen) atoms. The standard InChI is InChI=1S/C47H51ClN6O8/c1-28-32(26-61-43-20-42(60-25-30-16-34(49)23-50-21-30)33(18-40(43)48)22-51-24-35(56)19-44(57)58)8-6-10-37(28)38-11-7-9-36(29(38)2)31-12-13-41-39(17-31)45(53-27-52-41)54(14-15-55)46(59)62-47(3,4)5/h6-13,16-18,20-21,23,27,35,51,55-56H,14-15,19,22,24-26,49H2,1-5H3,(H,57,58)/t35-/m0/s1. The van der Waals surface area contributed by atoms with Crippen LogP contribution in [0.4, 0.5) is 16.3 Å². The average Bonchev–Trinajstić information content (AvgIpc) is 3.21. The van der Waals surface area contributed by atoms with Crippen molar-refractivity contribution in [1.29, 1.82) is 0 Å². The van der Waals surface area contributed by atoms with Gasteiger partial charge in [0, 0.05) is 48.1 Å². The molecule has 6 aromatic rings. The van der Waals surface area contributed by atoms with E-state index in [2.05, 4.69) is 46.2 Å². The van der Waals surface area contributed by atoms with Crippen molar-refractivity contribution in [2.75, 3.05) is 30.3 Å². The lowest BCUT2D eigenvalue weighted by Crippen LogP contribution is -2.39. The molecule has 0 aliphatic carbocycles. The Labute approximate surface area is 365 Å². The molecule has 15 heteroatoms. The fourth-order valence-electron chi connectivity index (χ4n) is 7.01. The number of carboxylic acids is 1. The van der Waals surface area contributed by atoms with E-state index < -0.39 is 23.8 Å². The minimum Gasteiger partial charge on any atom is -0.488 e. The number of aliphatic hydroxyl groups is 2. The van der Waals surface area contributed by atoms with Gasteiger partial charge in [0.25, 0.3) is 0 Å². The van der Waals surface area contributed by atoms with Crippen LogP contribution >= 0.6 is 11.6 Å². The maximum atomic E-state index is 13.3. The number of fused-ring (bicyclic) bond motifs is 1. The first-order valence-corrected chi connectivity index (χ1v) is 20.4. The number of anilines is 2. The van der Waals surface area contributed by atoms with Crippen molar-refractivity contribution in [3.8, 4) is 33.8 Å². The minimum atomic E-state index is -1.09. The first-order valence-electron chi connectivity index (χ1n) is 20.0. The van der Waals surface area contributed by atoms with Gasteiger partial charge in [0.2, 0.25) is 0 Å². The molecule has 4 aromatic carbocycles. The number of halogens is 1. The Hall–Kier alpha value is -6.32. The summed E-state index contributed by atoms with van der Waals surface area (Å²) >= 11 is 6.79. The molecule has 1 amide bonds. The van der Waals surface area contributed by atoms with E-state index in [1.807, 2.05) is 42.5 Å². The lowest BCUT2D eigenvalue weighted by Gasteiger charge is -2.27. The zero-order chi connectivity index (χ0) is 44.6. The highest BCUT2D eigenvalue weighted by molar-refractivity contribution is 6.32. The fourth-order valence-corrected chi connectivity index (χ4v) is 7.25. The van der Waals surface area contributed by atoms with Gasteiger partial charge in [-0.3, -0.25) is 14.7 Å². The summed E-state index contributed by atoms with van der Waals surface area (Å²) in [4.78, 5) is 38.7. The molecule has 1 atom stereocenters. The van der Waals surface area contributed by atoms with Gasteiger partial charge in [0.1, 0.15) is 42.5 Å². The molecule has 0 unspecified atom stereocenters. The predicted octanol–water partition coefficient (Wildman–Crippen LogP) is 8.03. The lowest BCUT2D eigenvalue weighted by atomic mass is 9.89. The number of benzene rings is 4. The summed E-state index contributed by atoms with van der Waals surface area (Å²) in [6.45, 7) is 9.84. The number of ether oxygens (including phenoxy) is 3. The number of carbonyl (C=O) groups excluding carboxylic acids is 1. The fraction of sp³-hybridized carbons (Fsp3) is 0.298. The van der Waals surface area contributed by atoms with E-state index in [0.29, 0.717) is 44.5 Å². The summed E-state index contributed by atoms with van der Waals surface area (Å²) in [7, 11) is 0. The molecule has 0 bridgehead atoms. The van der Waals surface area contributed by atoms with Gasteiger partial charge >= 0.3 is 12.1 Å². The van der Waals surface area contributed by atoms with E-state index in [0.717, 1.165) is 44.5 Å². The number of nitrogens with one attached hydrogen (secondary N) is 1. The number of carbonyl (C=O) groups is 2. The third-order valence-electron chi connectivity index (χ3n) is 10.0. The lowest BCUT2D eigenvalue weighted by molar-refractivity contribution is -0.139. The Morgan fingerprint density at radius 2 is 1.61 bits per heavy atom. The highest BCUT2D eigenvalue weighted by atomic mass is 35.5. The molecule has 0 spiro atoms. The van der Waals surface area contributed by atoms with E-state index >= 15 is 0 Å². The third-order valence-corrected chi connectivity index (χ3v) is 10.3. The van der Waals surface area contributed by atoms with Gasteiger partial charge in [-0.25, -0.2) is 14.8 Å². The predicted molar refractivity (Wildman–Crippen MR) is 239 cm³/mol. The summed E-state index contributed by atoms with van der Waals surface area (Å²) in [5.74, 6) is 0.122. The normalized spacial score (nSPS) is 11.9. The van der Waals surface area contributed by atoms with Crippen LogP contribution in [0.25, 0.3) is 33.2 Å². The number of aliphatic hydroxyl groups excluding tert-OH is 2. The Morgan fingerprint density at radius 3 is 2.34 bits per heavy atom. The van der Waals surface area contributed by atoms with Crippen molar-refractivity contribution < 1.29 is 39.1 Å². The van der Waals surface area contributed by atoms with Crippen molar-refractivity contribution in [3.05, 3.63) is 124 Å². The Morgan fingerprint density at radius 1 is 0.887 bits per heavy atom. The van der Waals surface area contributed by atoms with Gasteiger partial charge in [-0.15, -0.1) is 0 Å². The number of aliphatic carboxylic acids is 1. The van der Waals surface area contributed by atoms with Gasteiger partial charge in [0.15, 0.2) is 0 Å². The van der Waals surface area contributed by atoms with Crippen molar-refractivity contribution in [2.45, 2.75) is 72.5 Å². The van der Waals surface area contributed by atoms with Gasteiger partial charge in [-0.1, -0.05) is 54.1 Å². The molecule has 0 fully saturated rings. The van der Waals surface area contributed by atoms with Gasteiger partial charge in [0.05, 0.1) is 41.9 Å². The Kier molecular flexibility index (Phi) is 14.6. The molecule has 2 heterocycles. The zero-order valence-corrected chi connectivity index (χ0v) is 36.1. The van der Waals surface area contributed by atoms with E-state index in [1.54, 1.807) is 51.4 Å². The molecule has 0 aliphatic rings. The average molecular weight is 863 g/mol. The summed E-state index contributed by atoms with van der Waals surface area (Å²) in [5.41, 5.74) is 14.7. The Balaban J connectivity index is 1.26. The zero-order valence-electron chi connectivity index (χ0n) is 35.3. The van der Waals surface area contributed by atoms with Crippen LogP contribution in [0.5, 0.6) is 11.5 Å². The first kappa shape index (κ1) is 45.2. The van der Waals surface area contributed by atoms with Crippen molar-refractivity contribution in [1.82, 2.24) is 20.3 Å². The monoisotopic (exact) mass is 862 g/mol. The van der Waals surface area contributed by atoms with Crippen LogP contribution in [0.15, 0.2) is 91.5 Å². The van der Waals surface area contributed by atoms with Crippen LogP contribution in [0.1, 0.15) is 55.0 Å². The molecule has 2 aromatic heterocycles. The summed E-state index contributed by atoms with van der Waals surface area (Å²) in [6, 6.07) is 23.3. The summed E-state index contributed by atoms with van der Waals surface area (Å²) in [6.07, 6.45) is 2.53. The molecule has 0 aliphatic heterocycles. The molecule has 6 rings (SSSR count). The minimum absolute atomic E-state index is 0.00546. The van der Waals surface area contributed by atoms with Crippen LogP contribution in [-0.2, 0) is 29.3 Å². The molecular formula is C47H51ClN6O8. The highest BCUT2D eigenvalue weighted by Gasteiger charge is 2.26. The molecule has 6 N–H and O–H groups in total. The molecular weight excluding hydrogens is 812 g/mol. The second-order valence-electron chi connectivity index (χ2n) is 15.8. The number of nitrogen functional groups attached to an aromatic ring is 1. The van der Waals surface area contributed by atoms with Gasteiger partial charge in [-0.2, -0.15) is 0 Å². The van der Waals surface area contributed by atoms with Crippen molar-refractivity contribution in [3.63, 3.8) is 0 Å². The second kappa shape index (κ2) is 20.0. The van der Waals surface area contributed by atoms with Crippen molar-refractivity contribution >= 4 is 46.1 Å². The van der Waals surface area contributed by atoms with Crippen LogP contribution in [0.3, 0.4) is 0 Å². The van der Waals surface area contributed by atoms with Crippen LogP contribution in [-0.4, -0.2) is 73.7 Å². The largest absolute Gasteiger partial charge is 0.488 e. The van der Waals surface area contributed by atoms with E-state index in [1.165, 1.54) is 11.2 Å².